The lowest BCUT2D eigenvalue weighted by Crippen LogP contribution is -2.26. The number of aromatic nitrogens is 2. The second-order valence-electron chi connectivity index (χ2n) is 4.22. The van der Waals surface area contributed by atoms with E-state index >= 15 is 0 Å². The molecule has 1 aromatic carbocycles. The molecular weight excluding hydrogens is 310 g/mol. The van der Waals surface area contributed by atoms with Gasteiger partial charge in [0.05, 0.1) is 5.56 Å². The van der Waals surface area contributed by atoms with E-state index < -0.39 is 0 Å². The highest BCUT2D eigenvalue weighted by molar-refractivity contribution is 9.10. The first-order chi connectivity index (χ1) is 9.06. The van der Waals surface area contributed by atoms with Crippen molar-refractivity contribution in [3.8, 4) is 0 Å². The molecule has 0 bridgehead atoms. The van der Waals surface area contributed by atoms with Crippen LogP contribution in [0.15, 0.2) is 27.2 Å². The molecule has 0 fully saturated rings. The Labute approximate surface area is 119 Å². The van der Waals surface area contributed by atoms with Crippen molar-refractivity contribution in [2.75, 3.05) is 6.54 Å². The Morgan fingerprint density at radius 3 is 2.89 bits per heavy atom. The standard InChI is InChI=1S/C13H14BrN3O2/c1-8-3-4-11(14)10(7-8)13(18)15-6-5-12-16-9(2)19-17-12/h3-4,7H,5-6H2,1-2H3,(H,15,18). The second kappa shape index (κ2) is 5.97. The number of benzene rings is 1. The summed E-state index contributed by atoms with van der Waals surface area (Å²) in [5.41, 5.74) is 1.67. The fourth-order valence-corrected chi connectivity index (χ4v) is 2.07. The first kappa shape index (κ1) is 13.7. The number of aryl methyl sites for hydroxylation is 2. The topological polar surface area (TPSA) is 68.0 Å². The molecule has 0 aliphatic heterocycles. The summed E-state index contributed by atoms with van der Waals surface area (Å²) in [6.07, 6.45) is 0.548. The Kier molecular flexibility index (Phi) is 4.31. The van der Waals surface area contributed by atoms with Crippen LogP contribution in [-0.4, -0.2) is 22.6 Å². The molecular formula is C13H14BrN3O2. The fraction of sp³-hybridized carbons (Fsp3) is 0.308. The van der Waals surface area contributed by atoms with Crippen LogP contribution in [0.5, 0.6) is 0 Å². The molecule has 0 spiro atoms. The molecule has 0 saturated heterocycles. The highest BCUT2D eigenvalue weighted by Crippen LogP contribution is 2.17. The monoisotopic (exact) mass is 323 g/mol. The highest BCUT2D eigenvalue weighted by Gasteiger charge is 2.10. The van der Waals surface area contributed by atoms with Crippen molar-refractivity contribution < 1.29 is 9.32 Å². The molecule has 0 aliphatic rings. The van der Waals surface area contributed by atoms with Crippen LogP contribution in [0, 0.1) is 13.8 Å². The lowest BCUT2D eigenvalue weighted by molar-refractivity contribution is 0.0953. The minimum absolute atomic E-state index is 0.115. The largest absolute Gasteiger partial charge is 0.352 e. The van der Waals surface area contributed by atoms with Crippen molar-refractivity contribution in [3.05, 3.63) is 45.5 Å². The van der Waals surface area contributed by atoms with Gasteiger partial charge in [-0.2, -0.15) is 4.98 Å². The van der Waals surface area contributed by atoms with Gasteiger partial charge in [-0.1, -0.05) is 16.8 Å². The van der Waals surface area contributed by atoms with E-state index in [0.717, 1.165) is 10.0 Å². The number of amides is 1. The van der Waals surface area contributed by atoms with Crippen LogP contribution in [0.25, 0.3) is 0 Å². The minimum atomic E-state index is -0.115. The van der Waals surface area contributed by atoms with Gasteiger partial charge in [0.2, 0.25) is 5.89 Å². The molecule has 0 aliphatic carbocycles. The smallest absolute Gasteiger partial charge is 0.252 e. The van der Waals surface area contributed by atoms with Crippen LogP contribution >= 0.6 is 15.9 Å². The number of hydrogen-bond acceptors (Lipinski definition) is 4. The molecule has 1 amide bonds. The van der Waals surface area contributed by atoms with Crippen LogP contribution in [0.2, 0.25) is 0 Å². The van der Waals surface area contributed by atoms with E-state index in [1.54, 1.807) is 6.92 Å². The molecule has 5 nitrogen and oxygen atoms in total. The predicted octanol–water partition coefficient (Wildman–Crippen LogP) is 2.42. The SMILES string of the molecule is Cc1ccc(Br)c(C(=O)NCCc2noc(C)n2)c1. The summed E-state index contributed by atoms with van der Waals surface area (Å²) in [4.78, 5) is 16.1. The van der Waals surface area contributed by atoms with Crippen LogP contribution in [0.4, 0.5) is 0 Å². The van der Waals surface area contributed by atoms with Crippen LogP contribution in [0.1, 0.15) is 27.6 Å². The number of rotatable bonds is 4. The van der Waals surface area contributed by atoms with Gasteiger partial charge in [0.15, 0.2) is 5.82 Å². The average Bonchev–Trinajstić information content (AvgIpc) is 2.78. The molecule has 2 aromatic rings. The Morgan fingerprint density at radius 2 is 2.21 bits per heavy atom. The quantitative estimate of drug-likeness (QED) is 0.938. The van der Waals surface area contributed by atoms with Crippen molar-refractivity contribution in [3.63, 3.8) is 0 Å². The zero-order valence-corrected chi connectivity index (χ0v) is 12.3. The van der Waals surface area contributed by atoms with Crippen molar-refractivity contribution in [1.29, 1.82) is 0 Å². The van der Waals surface area contributed by atoms with Crippen LogP contribution < -0.4 is 5.32 Å². The molecule has 0 atom stereocenters. The fourth-order valence-electron chi connectivity index (χ4n) is 1.64. The Bertz CT molecular complexity index is 595. The molecule has 6 heteroatoms. The Morgan fingerprint density at radius 1 is 1.42 bits per heavy atom. The summed E-state index contributed by atoms with van der Waals surface area (Å²) in [5, 5.41) is 6.60. The molecule has 1 heterocycles. The van der Waals surface area contributed by atoms with E-state index in [0.29, 0.717) is 30.2 Å². The maximum Gasteiger partial charge on any atom is 0.252 e. The molecule has 19 heavy (non-hydrogen) atoms. The summed E-state index contributed by atoms with van der Waals surface area (Å²) >= 11 is 3.37. The van der Waals surface area contributed by atoms with Gasteiger partial charge in [-0.05, 0) is 35.0 Å². The van der Waals surface area contributed by atoms with E-state index in [2.05, 4.69) is 31.4 Å². The zero-order valence-electron chi connectivity index (χ0n) is 10.7. The molecule has 2 rings (SSSR count). The van der Waals surface area contributed by atoms with E-state index in [-0.39, 0.29) is 5.91 Å². The second-order valence-corrected chi connectivity index (χ2v) is 5.07. The van der Waals surface area contributed by atoms with E-state index in [9.17, 15) is 4.79 Å². The number of nitrogens with zero attached hydrogens (tertiary/aromatic N) is 2. The number of nitrogens with one attached hydrogen (secondary N) is 1. The van der Waals surface area contributed by atoms with E-state index in [4.69, 9.17) is 4.52 Å². The van der Waals surface area contributed by atoms with Gasteiger partial charge in [0.25, 0.3) is 5.91 Å². The summed E-state index contributed by atoms with van der Waals surface area (Å²) in [7, 11) is 0. The molecule has 0 unspecified atom stereocenters. The first-order valence-corrected chi connectivity index (χ1v) is 6.69. The molecule has 1 N–H and O–H groups in total. The normalized spacial score (nSPS) is 10.5. The van der Waals surface area contributed by atoms with Gasteiger partial charge in [-0.3, -0.25) is 4.79 Å². The minimum Gasteiger partial charge on any atom is -0.352 e. The maximum atomic E-state index is 12.0. The summed E-state index contributed by atoms with van der Waals surface area (Å²) < 4.78 is 5.64. The number of halogens is 1. The highest BCUT2D eigenvalue weighted by atomic mass is 79.9. The average molecular weight is 324 g/mol. The molecule has 0 radical (unpaired) electrons. The zero-order chi connectivity index (χ0) is 13.8. The Balaban J connectivity index is 1.92. The molecule has 1 aromatic heterocycles. The van der Waals surface area contributed by atoms with Crippen molar-refractivity contribution >= 4 is 21.8 Å². The lowest BCUT2D eigenvalue weighted by atomic mass is 10.1. The van der Waals surface area contributed by atoms with Gasteiger partial charge in [0, 0.05) is 24.4 Å². The van der Waals surface area contributed by atoms with Gasteiger partial charge in [-0.25, -0.2) is 0 Å². The molecule has 100 valence electrons. The number of carbonyl (C=O) groups excluding carboxylic acids is 1. The summed E-state index contributed by atoms with van der Waals surface area (Å²) in [6.45, 7) is 4.16. The van der Waals surface area contributed by atoms with E-state index in [1.165, 1.54) is 0 Å². The maximum absolute atomic E-state index is 12.0. The lowest BCUT2D eigenvalue weighted by Gasteiger charge is -2.06. The molecule has 0 saturated carbocycles. The Hall–Kier alpha value is -1.69. The van der Waals surface area contributed by atoms with E-state index in [1.807, 2.05) is 25.1 Å². The summed E-state index contributed by atoms with van der Waals surface area (Å²) in [5.74, 6) is 1.01. The van der Waals surface area contributed by atoms with Crippen molar-refractivity contribution in [2.45, 2.75) is 20.3 Å². The third-order valence-electron chi connectivity index (χ3n) is 2.57. The third-order valence-corrected chi connectivity index (χ3v) is 3.26. The number of hydrogen-bond donors (Lipinski definition) is 1. The van der Waals surface area contributed by atoms with Crippen molar-refractivity contribution in [2.24, 2.45) is 0 Å². The van der Waals surface area contributed by atoms with Gasteiger partial charge in [-0.15, -0.1) is 0 Å². The van der Waals surface area contributed by atoms with Crippen molar-refractivity contribution in [1.82, 2.24) is 15.5 Å². The summed E-state index contributed by atoms with van der Waals surface area (Å²) in [6, 6.07) is 5.66. The van der Waals surface area contributed by atoms with Gasteiger partial charge < -0.3 is 9.84 Å². The first-order valence-electron chi connectivity index (χ1n) is 5.90. The van der Waals surface area contributed by atoms with Crippen LogP contribution in [-0.2, 0) is 6.42 Å². The predicted molar refractivity (Wildman–Crippen MR) is 74.0 cm³/mol. The number of carbonyl (C=O) groups is 1. The van der Waals surface area contributed by atoms with Gasteiger partial charge in [0.1, 0.15) is 0 Å². The third kappa shape index (κ3) is 3.64. The van der Waals surface area contributed by atoms with Crippen LogP contribution in [0.3, 0.4) is 0 Å². The van der Waals surface area contributed by atoms with Gasteiger partial charge >= 0.3 is 0 Å².